The molecule has 1 heteroatoms. The number of unbranched alkanes of at least 4 members (excludes halogenated alkanes) is 2. The maximum atomic E-state index is 2.30. The molecular formula is C32H34S. The number of hydrogen-bond donors (Lipinski definition) is 0. The third kappa shape index (κ3) is 5.78. The molecule has 0 saturated carbocycles. The summed E-state index contributed by atoms with van der Waals surface area (Å²) in [6, 6.07) is 35.6. The standard InChI is InChI=1S/C32H34S/c1-3-5-15-25-17-7-9-19-27(25)29-21-11-13-23-31(29)33-32-24-14-12-22-30(32)28-20-10-8-18-26(28)16-6-4-2/h7-14,17-24H,3-6,15-16H2,1-2H3. The highest BCUT2D eigenvalue weighted by molar-refractivity contribution is 7.99. The van der Waals surface area contributed by atoms with Crippen LogP contribution in [-0.2, 0) is 12.8 Å². The van der Waals surface area contributed by atoms with Crippen molar-refractivity contribution in [3.05, 3.63) is 108 Å². The molecule has 0 N–H and O–H groups in total. The molecule has 4 aromatic carbocycles. The van der Waals surface area contributed by atoms with Crippen LogP contribution in [0.15, 0.2) is 107 Å². The minimum atomic E-state index is 1.13. The fraction of sp³-hybridized carbons (Fsp3) is 0.250. The lowest BCUT2D eigenvalue weighted by atomic mass is 9.96. The quantitative estimate of drug-likeness (QED) is 0.232. The summed E-state index contributed by atoms with van der Waals surface area (Å²) in [7, 11) is 0. The van der Waals surface area contributed by atoms with Crippen LogP contribution in [0, 0.1) is 0 Å². The first-order chi connectivity index (χ1) is 16.3. The monoisotopic (exact) mass is 450 g/mol. The van der Waals surface area contributed by atoms with Crippen LogP contribution in [0.3, 0.4) is 0 Å². The highest BCUT2D eigenvalue weighted by Gasteiger charge is 2.14. The molecule has 0 fully saturated rings. The molecule has 4 aromatic rings. The molecule has 4 rings (SSSR count). The summed E-state index contributed by atoms with van der Waals surface area (Å²) in [6.45, 7) is 4.53. The maximum absolute atomic E-state index is 2.30. The van der Waals surface area contributed by atoms with Gasteiger partial charge in [-0.05, 0) is 71.2 Å². The van der Waals surface area contributed by atoms with Crippen molar-refractivity contribution in [1.82, 2.24) is 0 Å². The Morgan fingerprint density at radius 2 is 0.818 bits per heavy atom. The van der Waals surface area contributed by atoms with Crippen molar-refractivity contribution in [2.45, 2.75) is 62.2 Å². The Hall–Kier alpha value is -2.77. The van der Waals surface area contributed by atoms with Gasteiger partial charge in [-0.1, -0.05) is 123 Å². The van der Waals surface area contributed by atoms with Gasteiger partial charge in [-0.25, -0.2) is 0 Å². The molecule has 0 radical (unpaired) electrons. The SMILES string of the molecule is CCCCc1ccccc1-c1ccccc1Sc1ccccc1-c1ccccc1CCCC. The van der Waals surface area contributed by atoms with Gasteiger partial charge in [-0.2, -0.15) is 0 Å². The molecule has 0 aliphatic carbocycles. The minimum absolute atomic E-state index is 1.13. The van der Waals surface area contributed by atoms with E-state index in [1.807, 2.05) is 11.8 Å². The van der Waals surface area contributed by atoms with E-state index in [0.717, 1.165) is 12.8 Å². The van der Waals surface area contributed by atoms with E-state index in [9.17, 15) is 0 Å². The van der Waals surface area contributed by atoms with Crippen molar-refractivity contribution in [2.75, 3.05) is 0 Å². The van der Waals surface area contributed by atoms with E-state index >= 15 is 0 Å². The summed E-state index contributed by atoms with van der Waals surface area (Å²) >= 11 is 1.90. The van der Waals surface area contributed by atoms with Crippen molar-refractivity contribution in [1.29, 1.82) is 0 Å². The summed E-state index contributed by atoms with van der Waals surface area (Å²) < 4.78 is 0. The number of benzene rings is 4. The summed E-state index contributed by atoms with van der Waals surface area (Å²) in [5.74, 6) is 0. The van der Waals surface area contributed by atoms with Gasteiger partial charge in [0.2, 0.25) is 0 Å². The molecular weight excluding hydrogens is 416 g/mol. The highest BCUT2D eigenvalue weighted by atomic mass is 32.2. The van der Waals surface area contributed by atoms with E-state index in [1.54, 1.807) is 0 Å². The lowest BCUT2D eigenvalue weighted by Gasteiger charge is -2.17. The molecule has 0 amide bonds. The van der Waals surface area contributed by atoms with Crippen LogP contribution in [0.4, 0.5) is 0 Å². The predicted molar refractivity (Wildman–Crippen MR) is 145 cm³/mol. The summed E-state index contributed by atoms with van der Waals surface area (Å²) in [4.78, 5) is 2.64. The summed E-state index contributed by atoms with van der Waals surface area (Å²) in [5, 5.41) is 0. The molecule has 0 unspecified atom stereocenters. The van der Waals surface area contributed by atoms with E-state index in [0.29, 0.717) is 0 Å². The van der Waals surface area contributed by atoms with E-state index in [4.69, 9.17) is 0 Å². The fourth-order valence-electron chi connectivity index (χ4n) is 4.41. The van der Waals surface area contributed by atoms with Crippen LogP contribution in [0.1, 0.15) is 50.7 Å². The van der Waals surface area contributed by atoms with Crippen molar-refractivity contribution < 1.29 is 0 Å². The van der Waals surface area contributed by atoms with Crippen LogP contribution < -0.4 is 0 Å². The van der Waals surface area contributed by atoms with E-state index in [-0.39, 0.29) is 0 Å². The molecule has 0 aliphatic heterocycles. The second-order valence-electron chi connectivity index (χ2n) is 8.62. The predicted octanol–water partition coefficient (Wildman–Crippen LogP) is 9.86. The van der Waals surface area contributed by atoms with Gasteiger partial charge < -0.3 is 0 Å². The van der Waals surface area contributed by atoms with Gasteiger partial charge in [0, 0.05) is 9.79 Å². The van der Waals surface area contributed by atoms with Crippen molar-refractivity contribution in [2.24, 2.45) is 0 Å². The zero-order chi connectivity index (χ0) is 22.9. The second-order valence-corrected chi connectivity index (χ2v) is 9.70. The first-order valence-electron chi connectivity index (χ1n) is 12.3. The van der Waals surface area contributed by atoms with Crippen molar-refractivity contribution in [3.63, 3.8) is 0 Å². The third-order valence-electron chi connectivity index (χ3n) is 6.21. The van der Waals surface area contributed by atoms with Gasteiger partial charge in [-0.15, -0.1) is 0 Å². The van der Waals surface area contributed by atoms with Crippen LogP contribution in [0.2, 0.25) is 0 Å². The molecule has 0 heterocycles. The molecule has 0 atom stereocenters. The van der Waals surface area contributed by atoms with Gasteiger partial charge in [0.1, 0.15) is 0 Å². The van der Waals surface area contributed by atoms with E-state index < -0.39 is 0 Å². The van der Waals surface area contributed by atoms with Crippen LogP contribution in [0.25, 0.3) is 22.3 Å². The van der Waals surface area contributed by atoms with Gasteiger partial charge in [0.25, 0.3) is 0 Å². The Morgan fingerprint density at radius 1 is 0.455 bits per heavy atom. The molecule has 0 spiro atoms. The molecule has 0 aromatic heterocycles. The maximum Gasteiger partial charge on any atom is 0.0201 e. The summed E-state index contributed by atoms with van der Waals surface area (Å²) in [6.07, 6.45) is 7.15. The first-order valence-corrected chi connectivity index (χ1v) is 13.2. The lowest BCUT2D eigenvalue weighted by molar-refractivity contribution is 0.796. The molecule has 0 bridgehead atoms. The van der Waals surface area contributed by atoms with Crippen LogP contribution in [0.5, 0.6) is 0 Å². The average Bonchev–Trinajstić information content (AvgIpc) is 2.87. The zero-order valence-corrected chi connectivity index (χ0v) is 20.7. The topological polar surface area (TPSA) is 0 Å². The Morgan fingerprint density at radius 3 is 1.24 bits per heavy atom. The Bertz CT molecular complexity index is 1080. The lowest BCUT2D eigenvalue weighted by Crippen LogP contribution is -1.93. The fourth-order valence-corrected chi connectivity index (χ4v) is 5.52. The van der Waals surface area contributed by atoms with Crippen molar-refractivity contribution >= 4 is 11.8 Å². The largest absolute Gasteiger partial charge is 0.0888 e. The Labute approximate surface area is 204 Å². The second kappa shape index (κ2) is 11.9. The number of hydrogen-bond acceptors (Lipinski definition) is 1. The average molecular weight is 451 g/mol. The summed E-state index contributed by atoms with van der Waals surface area (Å²) in [5.41, 5.74) is 8.31. The van der Waals surface area contributed by atoms with E-state index in [1.165, 1.54) is 68.9 Å². The van der Waals surface area contributed by atoms with Crippen molar-refractivity contribution in [3.8, 4) is 22.3 Å². The highest BCUT2D eigenvalue weighted by Crippen LogP contribution is 2.42. The first kappa shape index (κ1) is 23.4. The van der Waals surface area contributed by atoms with Gasteiger partial charge in [0.15, 0.2) is 0 Å². The Kier molecular flexibility index (Phi) is 8.44. The molecule has 0 nitrogen and oxygen atoms in total. The molecule has 33 heavy (non-hydrogen) atoms. The molecule has 0 saturated heterocycles. The van der Waals surface area contributed by atoms with Gasteiger partial charge >= 0.3 is 0 Å². The van der Waals surface area contributed by atoms with Gasteiger partial charge in [0.05, 0.1) is 0 Å². The van der Waals surface area contributed by atoms with Gasteiger partial charge in [-0.3, -0.25) is 0 Å². The smallest absolute Gasteiger partial charge is 0.0201 e. The minimum Gasteiger partial charge on any atom is -0.0888 e. The Balaban J connectivity index is 1.73. The normalized spacial score (nSPS) is 11.0. The van der Waals surface area contributed by atoms with Crippen LogP contribution in [-0.4, -0.2) is 0 Å². The van der Waals surface area contributed by atoms with E-state index in [2.05, 4.69) is 111 Å². The molecule has 168 valence electrons. The molecule has 0 aliphatic rings. The number of rotatable bonds is 10. The van der Waals surface area contributed by atoms with Crippen LogP contribution >= 0.6 is 11.8 Å². The third-order valence-corrected chi connectivity index (χ3v) is 7.36. The number of aryl methyl sites for hydroxylation is 2. The zero-order valence-electron chi connectivity index (χ0n) is 19.9.